The Morgan fingerprint density at radius 2 is 1.51 bits per heavy atom. The normalized spacial score (nSPS) is 25.6. The number of nitrogens with one attached hydrogen (secondary N) is 1. The number of hydrogen-bond donors (Lipinski definition) is 1. The molecule has 4 fully saturated rings. The number of rotatable bonds is 10. The summed E-state index contributed by atoms with van der Waals surface area (Å²) in [6.07, 6.45) is 8.25. The fraction of sp³-hybridized carbons (Fsp3) is 0.548. The van der Waals surface area contributed by atoms with Gasteiger partial charge in [-0.25, -0.2) is 0 Å². The predicted molar refractivity (Wildman–Crippen MR) is 140 cm³/mol. The van der Waals surface area contributed by atoms with Crippen LogP contribution in [0.3, 0.4) is 0 Å². The van der Waals surface area contributed by atoms with Gasteiger partial charge >= 0.3 is 5.97 Å². The summed E-state index contributed by atoms with van der Waals surface area (Å²) in [6, 6.07) is 17.7. The van der Waals surface area contributed by atoms with Crippen LogP contribution in [0.4, 0.5) is 0 Å². The molecule has 1 atom stereocenters. The molecule has 198 valence electrons. The minimum absolute atomic E-state index is 0.185. The van der Waals surface area contributed by atoms with Gasteiger partial charge in [-0.15, -0.1) is 0 Å². The molecule has 2 bridgehead atoms. The number of nitrogens with zero attached hydrogens (tertiary/aromatic N) is 1. The third-order valence-electron chi connectivity index (χ3n) is 9.03. The fourth-order valence-corrected chi connectivity index (χ4v) is 6.83. The molecule has 0 aromatic heterocycles. The van der Waals surface area contributed by atoms with Crippen molar-refractivity contribution in [2.45, 2.75) is 63.1 Å². The molecule has 6 rings (SSSR count). The van der Waals surface area contributed by atoms with Gasteiger partial charge in [-0.3, -0.25) is 9.59 Å². The average molecular weight is 505 g/mol. The van der Waals surface area contributed by atoms with Crippen molar-refractivity contribution in [2.24, 2.45) is 11.8 Å². The monoisotopic (exact) mass is 504 g/mol. The van der Waals surface area contributed by atoms with E-state index in [0.717, 1.165) is 49.9 Å². The highest BCUT2D eigenvalue weighted by Gasteiger charge is 2.48. The third-order valence-corrected chi connectivity index (χ3v) is 9.03. The largest absolute Gasteiger partial charge is 0.834 e. The highest BCUT2D eigenvalue weighted by molar-refractivity contribution is 5.85. The second-order valence-corrected chi connectivity index (χ2v) is 11.4. The summed E-state index contributed by atoms with van der Waals surface area (Å²) in [5.74, 6) is 0.356. The second-order valence-electron chi connectivity index (χ2n) is 11.4. The zero-order chi connectivity index (χ0) is 25.7. The first-order chi connectivity index (χ1) is 18.0. The lowest BCUT2D eigenvalue weighted by atomic mass is 9.82. The molecule has 1 amide bonds. The number of esters is 1. The van der Waals surface area contributed by atoms with E-state index in [-0.39, 0.29) is 12.0 Å². The smallest absolute Gasteiger partial charge is 0.304 e. The molecule has 3 heterocycles. The van der Waals surface area contributed by atoms with Crippen LogP contribution in [-0.4, -0.2) is 55.2 Å². The summed E-state index contributed by atoms with van der Waals surface area (Å²) < 4.78 is 7.02. The number of fused-ring (bicyclic) bond motifs is 3. The van der Waals surface area contributed by atoms with E-state index in [9.17, 15) is 14.7 Å². The van der Waals surface area contributed by atoms with Crippen LogP contribution in [0.5, 0.6) is 0 Å². The van der Waals surface area contributed by atoms with E-state index in [1.165, 1.54) is 25.7 Å². The van der Waals surface area contributed by atoms with Crippen LogP contribution in [0.15, 0.2) is 60.7 Å². The van der Waals surface area contributed by atoms with E-state index < -0.39 is 11.6 Å². The van der Waals surface area contributed by atoms with E-state index in [0.29, 0.717) is 35.9 Å². The molecule has 1 aliphatic carbocycles. The van der Waals surface area contributed by atoms with Crippen LogP contribution in [0.1, 0.15) is 62.5 Å². The summed E-state index contributed by atoms with van der Waals surface area (Å²) in [5, 5.41) is 17.4. The van der Waals surface area contributed by atoms with Crippen LogP contribution >= 0.6 is 0 Å². The van der Waals surface area contributed by atoms with Crippen LogP contribution in [0.2, 0.25) is 0 Å². The lowest BCUT2D eigenvalue weighted by Crippen LogP contribution is -2.65. The van der Waals surface area contributed by atoms with Gasteiger partial charge in [0.15, 0.2) is 6.10 Å². The number of amides is 1. The molecule has 1 saturated carbocycles. The first-order valence-electron chi connectivity index (χ1n) is 14.1. The minimum Gasteiger partial charge on any atom is -0.834 e. The van der Waals surface area contributed by atoms with E-state index in [2.05, 4.69) is 5.32 Å². The van der Waals surface area contributed by atoms with Crippen molar-refractivity contribution in [3.63, 3.8) is 0 Å². The second kappa shape index (κ2) is 11.4. The van der Waals surface area contributed by atoms with Crippen LogP contribution in [0, 0.1) is 11.8 Å². The Bertz CT molecular complexity index is 1000. The number of carbonyl (C=O) groups is 2. The van der Waals surface area contributed by atoms with Gasteiger partial charge in [0, 0.05) is 43.7 Å². The van der Waals surface area contributed by atoms with Crippen molar-refractivity contribution in [2.75, 3.05) is 32.7 Å². The zero-order valence-electron chi connectivity index (χ0n) is 21.8. The molecular formula is C31H40N2O4. The number of benzene rings is 2. The molecular weight excluding hydrogens is 464 g/mol. The van der Waals surface area contributed by atoms with E-state index in [1.807, 2.05) is 12.1 Å². The van der Waals surface area contributed by atoms with Gasteiger partial charge in [-0.05, 0) is 29.9 Å². The van der Waals surface area contributed by atoms with Crippen molar-refractivity contribution >= 4 is 11.9 Å². The Balaban J connectivity index is 1.20. The van der Waals surface area contributed by atoms with Crippen molar-refractivity contribution < 1.29 is 23.9 Å². The topological polar surface area (TPSA) is 78.5 Å². The first kappa shape index (κ1) is 25.9. The Morgan fingerprint density at radius 1 is 0.919 bits per heavy atom. The van der Waals surface area contributed by atoms with Gasteiger partial charge in [0.2, 0.25) is 5.91 Å². The molecule has 0 spiro atoms. The maximum Gasteiger partial charge on any atom is 0.304 e. The van der Waals surface area contributed by atoms with Gasteiger partial charge in [0.25, 0.3) is 0 Å². The summed E-state index contributed by atoms with van der Waals surface area (Å²) in [6.45, 7) is 4.57. The predicted octanol–water partition coefficient (Wildman–Crippen LogP) is 3.53. The Morgan fingerprint density at radius 3 is 2.11 bits per heavy atom. The Labute approximate surface area is 220 Å². The number of carbonyl (C=O) groups excluding carboxylic acids is 2. The standard InChI is InChI=1S/C31H40N2O4/c34-29(22-24-10-7-8-11-24)32-18-9-19-33-20-16-25(17-21-33)28(23-33)37-30(35)31(36,26-12-3-1-4-13-26)27-14-5-2-6-15-27/h1-6,12-15,24-25,28H,7-11,16-23H2,(H,32,34). The lowest BCUT2D eigenvalue weighted by molar-refractivity contribution is -0.946. The quantitative estimate of drug-likeness (QED) is 0.305. The number of piperidine rings is 3. The van der Waals surface area contributed by atoms with Gasteiger partial charge in [-0.2, -0.15) is 0 Å². The summed E-state index contributed by atoms with van der Waals surface area (Å²) in [5.41, 5.74) is -1.28. The van der Waals surface area contributed by atoms with Gasteiger partial charge in [-0.1, -0.05) is 73.5 Å². The molecule has 2 aromatic carbocycles. The SMILES string of the molecule is O=C(CC1CCCC1)NCCC[N+]12CCC(CC1)C(OC(=O)C([O-])(c1ccccc1)c1ccccc1)C2. The molecule has 1 N–H and O–H groups in total. The third kappa shape index (κ3) is 5.75. The summed E-state index contributed by atoms with van der Waals surface area (Å²) in [4.78, 5) is 25.9. The molecule has 0 radical (unpaired) electrons. The average Bonchev–Trinajstić information content (AvgIpc) is 3.45. The molecule has 6 heteroatoms. The summed E-state index contributed by atoms with van der Waals surface area (Å²) in [7, 11) is 0. The number of quaternary nitrogens is 1. The van der Waals surface area contributed by atoms with Gasteiger partial charge in [0.05, 0.1) is 19.6 Å². The fourth-order valence-electron chi connectivity index (χ4n) is 6.83. The molecule has 37 heavy (non-hydrogen) atoms. The van der Waals surface area contributed by atoms with Crippen LogP contribution in [-0.2, 0) is 19.9 Å². The molecule has 3 saturated heterocycles. The maximum absolute atomic E-state index is 14.2. The van der Waals surface area contributed by atoms with Crippen molar-refractivity contribution in [3.05, 3.63) is 71.8 Å². The molecule has 2 aromatic rings. The molecule has 1 unspecified atom stereocenters. The lowest BCUT2D eigenvalue weighted by Gasteiger charge is -2.53. The van der Waals surface area contributed by atoms with E-state index >= 15 is 0 Å². The van der Waals surface area contributed by atoms with Crippen LogP contribution < -0.4 is 10.4 Å². The van der Waals surface area contributed by atoms with Crippen LogP contribution in [0.25, 0.3) is 0 Å². The van der Waals surface area contributed by atoms with Gasteiger partial charge in [0.1, 0.15) is 6.54 Å². The maximum atomic E-state index is 14.2. The van der Waals surface area contributed by atoms with Crippen molar-refractivity contribution in [1.82, 2.24) is 5.32 Å². The molecule has 4 aliphatic rings. The molecule has 6 nitrogen and oxygen atoms in total. The molecule has 3 aliphatic heterocycles. The van der Waals surface area contributed by atoms with E-state index in [4.69, 9.17) is 4.74 Å². The van der Waals surface area contributed by atoms with E-state index in [1.54, 1.807) is 48.5 Å². The summed E-state index contributed by atoms with van der Waals surface area (Å²) >= 11 is 0. The highest BCUT2D eigenvalue weighted by atomic mass is 16.6. The number of hydrogen-bond acceptors (Lipinski definition) is 4. The van der Waals surface area contributed by atoms with Crippen molar-refractivity contribution in [3.8, 4) is 0 Å². The van der Waals surface area contributed by atoms with Crippen molar-refractivity contribution in [1.29, 1.82) is 0 Å². The van der Waals surface area contributed by atoms with Gasteiger partial charge < -0.3 is 19.6 Å². The Kier molecular flexibility index (Phi) is 7.96. The first-order valence-corrected chi connectivity index (χ1v) is 14.1. The Hall–Kier alpha value is -2.70. The number of ether oxygens (including phenoxy) is 1. The minimum atomic E-state index is -2.09. The zero-order valence-corrected chi connectivity index (χ0v) is 21.8. The highest BCUT2D eigenvalue weighted by Crippen LogP contribution is 2.37.